The van der Waals surface area contributed by atoms with Gasteiger partial charge in [0, 0.05) is 32.9 Å². The van der Waals surface area contributed by atoms with Crippen molar-refractivity contribution in [2.24, 2.45) is 4.99 Å². The van der Waals surface area contributed by atoms with Crippen LogP contribution in [0.15, 0.2) is 29.3 Å². The van der Waals surface area contributed by atoms with Gasteiger partial charge in [-0.3, -0.25) is 0 Å². The molecular formula is C22H39N3O3. The van der Waals surface area contributed by atoms with Crippen LogP contribution in [0.2, 0.25) is 0 Å². The summed E-state index contributed by atoms with van der Waals surface area (Å²) in [5, 5.41) is 6.66. The van der Waals surface area contributed by atoms with Crippen LogP contribution in [0.4, 0.5) is 0 Å². The summed E-state index contributed by atoms with van der Waals surface area (Å²) >= 11 is 0. The van der Waals surface area contributed by atoms with E-state index in [1.165, 1.54) is 12.0 Å². The van der Waals surface area contributed by atoms with E-state index in [9.17, 15) is 0 Å². The van der Waals surface area contributed by atoms with E-state index in [4.69, 9.17) is 14.2 Å². The Bertz CT molecular complexity index is 524. The lowest BCUT2D eigenvalue weighted by Crippen LogP contribution is -2.38. The number of aliphatic imine (C=N–C) groups is 1. The monoisotopic (exact) mass is 393 g/mol. The van der Waals surface area contributed by atoms with Gasteiger partial charge in [-0.1, -0.05) is 37.6 Å². The van der Waals surface area contributed by atoms with Gasteiger partial charge in [0.2, 0.25) is 0 Å². The van der Waals surface area contributed by atoms with Crippen molar-refractivity contribution in [3.8, 4) is 0 Å². The standard InChI is InChI=1S/C22H39N3O3/c1-4-7-13-27-14-9-12-24-22(23-5-2)25-18-20-10-8-11-21(17-20)19-28-16-15-26-6-3/h8,10-11,17H,4-7,9,12-16,18-19H2,1-3H3,(H2,23,24,25). The van der Waals surface area contributed by atoms with Crippen molar-refractivity contribution < 1.29 is 14.2 Å². The maximum Gasteiger partial charge on any atom is 0.191 e. The molecule has 1 aromatic rings. The van der Waals surface area contributed by atoms with Gasteiger partial charge in [-0.25, -0.2) is 4.99 Å². The third kappa shape index (κ3) is 12.7. The Kier molecular flexibility index (Phi) is 15.2. The molecule has 28 heavy (non-hydrogen) atoms. The molecule has 0 atom stereocenters. The first-order valence-electron chi connectivity index (χ1n) is 10.6. The zero-order chi connectivity index (χ0) is 20.3. The second-order valence-corrected chi connectivity index (χ2v) is 6.51. The van der Waals surface area contributed by atoms with Crippen LogP contribution in [-0.2, 0) is 27.4 Å². The highest BCUT2D eigenvalue weighted by molar-refractivity contribution is 5.79. The Morgan fingerprint density at radius 1 is 0.893 bits per heavy atom. The number of guanidine groups is 1. The third-order valence-corrected chi connectivity index (χ3v) is 4.00. The van der Waals surface area contributed by atoms with E-state index in [0.29, 0.717) is 26.4 Å². The van der Waals surface area contributed by atoms with Crippen LogP contribution in [-0.4, -0.2) is 52.1 Å². The maximum atomic E-state index is 5.64. The van der Waals surface area contributed by atoms with E-state index in [0.717, 1.165) is 57.3 Å². The van der Waals surface area contributed by atoms with Gasteiger partial charge in [-0.05, 0) is 37.8 Å². The molecule has 0 bridgehead atoms. The molecule has 0 saturated heterocycles. The predicted octanol–water partition coefficient (Wildman–Crippen LogP) is 3.50. The number of unbranched alkanes of at least 4 members (excludes halogenated alkanes) is 1. The van der Waals surface area contributed by atoms with Crippen molar-refractivity contribution in [2.75, 3.05) is 46.1 Å². The Balaban J connectivity index is 2.36. The van der Waals surface area contributed by atoms with Crippen molar-refractivity contribution in [3.63, 3.8) is 0 Å². The molecule has 1 rings (SSSR count). The molecule has 6 nitrogen and oxygen atoms in total. The summed E-state index contributed by atoms with van der Waals surface area (Å²) < 4.78 is 16.5. The lowest BCUT2D eigenvalue weighted by Gasteiger charge is -2.12. The molecule has 2 N–H and O–H groups in total. The van der Waals surface area contributed by atoms with E-state index >= 15 is 0 Å². The summed E-state index contributed by atoms with van der Waals surface area (Å²) in [7, 11) is 0. The van der Waals surface area contributed by atoms with E-state index in [2.05, 4.69) is 53.7 Å². The second-order valence-electron chi connectivity index (χ2n) is 6.51. The van der Waals surface area contributed by atoms with Gasteiger partial charge < -0.3 is 24.8 Å². The van der Waals surface area contributed by atoms with Gasteiger partial charge in [-0.15, -0.1) is 0 Å². The topological polar surface area (TPSA) is 64.1 Å². The number of ether oxygens (including phenoxy) is 3. The summed E-state index contributed by atoms with van der Waals surface area (Å²) in [6.45, 7) is 12.8. The average Bonchev–Trinajstić information content (AvgIpc) is 2.71. The molecule has 0 heterocycles. The van der Waals surface area contributed by atoms with Crippen LogP contribution >= 0.6 is 0 Å². The number of nitrogens with zero attached hydrogens (tertiary/aromatic N) is 1. The molecule has 0 aliphatic carbocycles. The minimum Gasteiger partial charge on any atom is -0.381 e. The van der Waals surface area contributed by atoms with Crippen LogP contribution < -0.4 is 10.6 Å². The Hall–Kier alpha value is -1.63. The maximum absolute atomic E-state index is 5.64. The van der Waals surface area contributed by atoms with Gasteiger partial charge in [0.1, 0.15) is 0 Å². The molecule has 1 aromatic carbocycles. The first kappa shape index (κ1) is 24.4. The van der Waals surface area contributed by atoms with Gasteiger partial charge in [0.25, 0.3) is 0 Å². The molecule has 160 valence electrons. The number of hydrogen-bond donors (Lipinski definition) is 2. The first-order valence-corrected chi connectivity index (χ1v) is 10.6. The van der Waals surface area contributed by atoms with E-state index in [1.807, 2.05) is 6.92 Å². The molecule has 6 heteroatoms. The molecule has 0 aliphatic rings. The van der Waals surface area contributed by atoms with Gasteiger partial charge in [0.05, 0.1) is 26.4 Å². The lowest BCUT2D eigenvalue weighted by molar-refractivity contribution is 0.0453. The molecule has 0 fully saturated rings. The SMILES string of the molecule is CCCCOCCCNC(=NCc1cccc(COCCOCC)c1)NCC. The summed E-state index contributed by atoms with van der Waals surface area (Å²) in [6.07, 6.45) is 3.28. The molecule has 0 radical (unpaired) electrons. The smallest absolute Gasteiger partial charge is 0.191 e. The molecule has 0 spiro atoms. The van der Waals surface area contributed by atoms with E-state index in [-0.39, 0.29) is 0 Å². The Morgan fingerprint density at radius 3 is 2.46 bits per heavy atom. The molecular weight excluding hydrogens is 354 g/mol. The van der Waals surface area contributed by atoms with Crippen molar-refractivity contribution in [2.45, 2.75) is 53.2 Å². The van der Waals surface area contributed by atoms with Crippen molar-refractivity contribution in [3.05, 3.63) is 35.4 Å². The number of hydrogen-bond acceptors (Lipinski definition) is 4. The van der Waals surface area contributed by atoms with Crippen LogP contribution in [0.25, 0.3) is 0 Å². The van der Waals surface area contributed by atoms with Gasteiger partial charge >= 0.3 is 0 Å². The minimum atomic E-state index is 0.598. The zero-order valence-electron chi connectivity index (χ0n) is 18.0. The highest BCUT2D eigenvalue weighted by atomic mass is 16.5. The second kappa shape index (κ2) is 17.5. The Morgan fingerprint density at radius 2 is 1.68 bits per heavy atom. The van der Waals surface area contributed by atoms with Crippen molar-refractivity contribution >= 4 is 5.96 Å². The van der Waals surface area contributed by atoms with Crippen molar-refractivity contribution in [1.82, 2.24) is 10.6 Å². The first-order chi connectivity index (χ1) is 13.8. The summed E-state index contributed by atoms with van der Waals surface area (Å²) in [5.74, 6) is 0.842. The third-order valence-electron chi connectivity index (χ3n) is 4.00. The molecule has 0 unspecified atom stereocenters. The summed E-state index contributed by atoms with van der Waals surface area (Å²) in [4.78, 5) is 4.69. The average molecular weight is 394 g/mol. The van der Waals surface area contributed by atoms with Crippen LogP contribution in [0, 0.1) is 0 Å². The largest absolute Gasteiger partial charge is 0.381 e. The zero-order valence-corrected chi connectivity index (χ0v) is 18.0. The molecule has 0 saturated carbocycles. The molecule has 0 aromatic heterocycles. The molecule has 0 amide bonds. The fourth-order valence-corrected chi connectivity index (χ4v) is 2.51. The Labute approximate surface area is 171 Å². The van der Waals surface area contributed by atoms with E-state index < -0.39 is 0 Å². The number of benzene rings is 1. The van der Waals surface area contributed by atoms with Crippen LogP contribution in [0.5, 0.6) is 0 Å². The normalized spacial score (nSPS) is 11.6. The minimum absolute atomic E-state index is 0.598. The number of nitrogens with one attached hydrogen (secondary N) is 2. The van der Waals surface area contributed by atoms with E-state index in [1.54, 1.807) is 0 Å². The van der Waals surface area contributed by atoms with Crippen LogP contribution in [0.3, 0.4) is 0 Å². The van der Waals surface area contributed by atoms with Crippen molar-refractivity contribution in [1.29, 1.82) is 0 Å². The fourth-order valence-electron chi connectivity index (χ4n) is 2.51. The van der Waals surface area contributed by atoms with Gasteiger partial charge in [-0.2, -0.15) is 0 Å². The quantitative estimate of drug-likeness (QED) is 0.256. The highest BCUT2D eigenvalue weighted by Gasteiger charge is 2.00. The molecule has 0 aliphatic heterocycles. The van der Waals surface area contributed by atoms with Crippen LogP contribution in [0.1, 0.15) is 51.2 Å². The predicted molar refractivity (Wildman–Crippen MR) is 116 cm³/mol. The lowest BCUT2D eigenvalue weighted by atomic mass is 10.1. The summed E-state index contributed by atoms with van der Waals surface area (Å²) in [5.41, 5.74) is 2.33. The number of rotatable bonds is 16. The highest BCUT2D eigenvalue weighted by Crippen LogP contribution is 2.08. The summed E-state index contributed by atoms with van der Waals surface area (Å²) in [6, 6.07) is 8.38. The fraction of sp³-hybridized carbons (Fsp3) is 0.682. The van der Waals surface area contributed by atoms with Gasteiger partial charge in [0.15, 0.2) is 5.96 Å².